The first kappa shape index (κ1) is 9.32. The molecule has 0 atom stereocenters. The van der Waals surface area contributed by atoms with E-state index in [1.807, 2.05) is 6.20 Å². The van der Waals surface area contributed by atoms with Gasteiger partial charge in [0.25, 0.3) is 0 Å². The van der Waals surface area contributed by atoms with Crippen molar-refractivity contribution < 1.29 is 4.79 Å². The van der Waals surface area contributed by atoms with Crippen molar-refractivity contribution in [3.8, 4) is 5.69 Å². The largest absolute Gasteiger partial charge is 0.298 e. The second kappa shape index (κ2) is 3.87. The molecule has 2 rings (SSSR count). The molecule has 0 aliphatic heterocycles. The Kier molecular flexibility index (Phi) is 2.58. The predicted molar refractivity (Wildman–Crippen MR) is 59.5 cm³/mol. The summed E-state index contributed by atoms with van der Waals surface area (Å²) in [5.41, 5.74) is 1.34. The Hall–Kier alpha value is -1.24. The van der Waals surface area contributed by atoms with E-state index in [1.165, 1.54) is 6.20 Å². The number of hydrogen-bond acceptors (Lipinski definition) is 3. The predicted octanol–water partition coefficient (Wildman–Crippen LogP) is 1.68. The van der Waals surface area contributed by atoms with Crippen LogP contribution in [-0.4, -0.2) is 21.1 Å². The highest BCUT2D eigenvalue weighted by molar-refractivity contribution is 14.1. The molecule has 0 aliphatic rings. The summed E-state index contributed by atoms with van der Waals surface area (Å²) in [6.45, 7) is 0. The standard InChI is InChI=1S/C9H6IN3O/c10-8-3-12-13(5-8)9-1-7(6-14)2-11-4-9/h1-6H. The highest BCUT2D eigenvalue weighted by Gasteiger charge is 2.00. The summed E-state index contributed by atoms with van der Waals surface area (Å²) in [5.74, 6) is 0. The maximum absolute atomic E-state index is 10.5. The zero-order chi connectivity index (χ0) is 9.97. The molecular weight excluding hydrogens is 293 g/mol. The second-order valence-electron chi connectivity index (χ2n) is 2.70. The van der Waals surface area contributed by atoms with E-state index in [1.54, 1.807) is 23.1 Å². The van der Waals surface area contributed by atoms with Crippen molar-refractivity contribution in [2.75, 3.05) is 0 Å². The zero-order valence-electron chi connectivity index (χ0n) is 7.09. The topological polar surface area (TPSA) is 47.8 Å². The number of aldehydes is 1. The molecule has 70 valence electrons. The van der Waals surface area contributed by atoms with Crippen molar-refractivity contribution >= 4 is 28.9 Å². The van der Waals surface area contributed by atoms with Crippen molar-refractivity contribution in [2.24, 2.45) is 0 Å². The number of pyridine rings is 1. The molecular formula is C9H6IN3O. The first-order valence-electron chi connectivity index (χ1n) is 3.90. The van der Waals surface area contributed by atoms with E-state index >= 15 is 0 Å². The van der Waals surface area contributed by atoms with Gasteiger partial charge in [-0.05, 0) is 28.7 Å². The summed E-state index contributed by atoms with van der Waals surface area (Å²) in [5, 5.41) is 4.11. The summed E-state index contributed by atoms with van der Waals surface area (Å²) >= 11 is 2.17. The minimum Gasteiger partial charge on any atom is -0.298 e. The van der Waals surface area contributed by atoms with Crippen molar-refractivity contribution in [3.63, 3.8) is 0 Å². The van der Waals surface area contributed by atoms with Gasteiger partial charge in [-0.2, -0.15) is 5.10 Å². The fourth-order valence-corrected chi connectivity index (χ4v) is 1.47. The van der Waals surface area contributed by atoms with Crippen LogP contribution in [-0.2, 0) is 0 Å². The van der Waals surface area contributed by atoms with Gasteiger partial charge in [0.15, 0.2) is 6.29 Å². The molecule has 0 amide bonds. The van der Waals surface area contributed by atoms with Crippen molar-refractivity contribution in [1.82, 2.24) is 14.8 Å². The minimum absolute atomic E-state index is 0.549. The van der Waals surface area contributed by atoms with Gasteiger partial charge >= 0.3 is 0 Å². The van der Waals surface area contributed by atoms with Crippen LogP contribution in [0.3, 0.4) is 0 Å². The van der Waals surface area contributed by atoms with E-state index in [0.29, 0.717) is 5.56 Å². The number of hydrogen-bond donors (Lipinski definition) is 0. The summed E-state index contributed by atoms with van der Waals surface area (Å²) in [6.07, 6.45) is 7.56. The molecule has 0 unspecified atom stereocenters. The van der Waals surface area contributed by atoms with Gasteiger partial charge < -0.3 is 0 Å². The average Bonchev–Trinajstić information content (AvgIpc) is 2.65. The van der Waals surface area contributed by atoms with Crippen molar-refractivity contribution in [3.05, 3.63) is 40.0 Å². The van der Waals surface area contributed by atoms with Crippen LogP contribution in [0.1, 0.15) is 10.4 Å². The number of halogens is 1. The average molecular weight is 299 g/mol. The Bertz CT molecular complexity index is 467. The Morgan fingerprint density at radius 3 is 2.86 bits per heavy atom. The molecule has 0 saturated heterocycles. The lowest BCUT2D eigenvalue weighted by atomic mass is 10.3. The van der Waals surface area contributed by atoms with Crippen LogP contribution < -0.4 is 0 Å². The van der Waals surface area contributed by atoms with Gasteiger partial charge in [-0.15, -0.1) is 0 Å². The maximum atomic E-state index is 10.5. The Balaban J connectivity index is 2.46. The van der Waals surface area contributed by atoms with E-state index in [9.17, 15) is 4.79 Å². The Morgan fingerprint density at radius 2 is 2.21 bits per heavy atom. The van der Waals surface area contributed by atoms with Crippen LogP contribution in [0.25, 0.3) is 5.69 Å². The molecule has 2 heterocycles. The van der Waals surface area contributed by atoms with Crippen molar-refractivity contribution in [2.45, 2.75) is 0 Å². The van der Waals surface area contributed by atoms with Crippen LogP contribution in [0.15, 0.2) is 30.9 Å². The summed E-state index contributed by atoms with van der Waals surface area (Å²) in [4.78, 5) is 14.5. The molecule has 0 bridgehead atoms. The highest BCUT2D eigenvalue weighted by atomic mass is 127. The fourth-order valence-electron chi connectivity index (χ4n) is 1.08. The van der Waals surface area contributed by atoms with E-state index < -0.39 is 0 Å². The summed E-state index contributed by atoms with van der Waals surface area (Å²) < 4.78 is 2.72. The SMILES string of the molecule is O=Cc1cncc(-n2cc(I)cn2)c1. The van der Waals surface area contributed by atoms with Crippen LogP contribution in [0.2, 0.25) is 0 Å². The molecule has 2 aromatic rings. The Labute approximate surface area is 94.1 Å². The Morgan fingerprint density at radius 1 is 1.36 bits per heavy atom. The molecule has 4 nitrogen and oxygen atoms in total. The van der Waals surface area contributed by atoms with Crippen LogP contribution in [0, 0.1) is 3.57 Å². The maximum Gasteiger partial charge on any atom is 0.151 e. The zero-order valence-corrected chi connectivity index (χ0v) is 9.25. The third kappa shape index (κ3) is 1.82. The lowest BCUT2D eigenvalue weighted by Crippen LogP contribution is -1.96. The lowest BCUT2D eigenvalue weighted by Gasteiger charge is -1.99. The van der Waals surface area contributed by atoms with Gasteiger partial charge in [0.2, 0.25) is 0 Å². The number of aromatic nitrogens is 3. The van der Waals surface area contributed by atoms with E-state index in [4.69, 9.17) is 0 Å². The molecule has 14 heavy (non-hydrogen) atoms. The second-order valence-corrected chi connectivity index (χ2v) is 3.94. The molecule has 0 spiro atoms. The van der Waals surface area contributed by atoms with Crippen molar-refractivity contribution in [1.29, 1.82) is 0 Å². The smallest absolute Gasteiger partial charge is 0.151 e. The van der Waals surface area contributed by atoms with Gasteiger partial charge in [0.05, 0.1) is 21.7 Å². The molecule has 2 aromatic heterocycles. The van der Waals surface area contributed by atoms with Gasteiger partial charge in [-0.25, -0.2) is 4.68 Å². The van der Waals surface area contributed by atoms with Gasteiger partial charge in [-0.1, -0.05) is 0 Å². The number of nitrogens with zero attached hydrogens (tertiary/aromatic N) is 3. The lowest BCUT2D eigenvalue weighted by molar-refractivity contribution is 0.112. The molecule has 5 heteroatoms. The van der Waals surface area contributed by atoms with Gasteiger partial charge in [-0.3, -0.25) is 9.78 Å². The van der Waals surface area contributed by atoms with Crippen LogP contribution in [0.5, 0.6) is 0 Å². The van der Waals surface area contributed by atoms with Gasteiger partial charge in [0, 0.05) is 18.0 Å². The molecule has 0 fully saturated rings. The third-order valence-electron chi connectivity index (χ3n) is 1.70. The van der Waals surface area contributed by atoms with Crippen LogP contribution in [0.4, 0.5) is 0 Å². The van der Waals surface area contributed by atoms with E-state index in [2.05, 4.69) is 32.7 Å². The first-order chi connectivity index (χ1) is 6.79. The van der Waals surface area contributed by atoms with E-state index in [0.717, 1.165) is 15.5 Å². The molecule has 0 N–H and O–H groups in total. The monoisotopic (exact) mass is 299 g/mol. The summed E-state index contributed by atoms with van der Waals surface area (Å²) in [6, 6.07) is 1.74. The highest BCUT2D eigenvalue weighted by Crippen LogP contribution is 2.09. The molecule has 0 aromatic carbocycles. The summed E-state index contributed by atoms with van der Waals surface area (Å²) in [7, 11) is 0. The first-order valence-corrected chi connectivity index (χ1v) is 4.98. The number of rotatable bonds is 2. The van der Waals surface area contributed by atoms with Gasteiger partial charge in [0.1, 0.15) is 0 Å². The molecule has 0 saturated carbocycles. The minimum atomic E-state index is 0.549. The molecule has 0 radical (unpaired) electrons. The van der Waals surface area contributed by atoms with Crippen LogP contribution >= 0.6 is 22.6 Å². The third-order valence-corrected chi connectivity index (χ3v) is 2.25. The fraction of sp³-hybridized carbons (Fsp3) is 0. The quantitative estimate of drug-likeness (QED) is 0.626. The normalized spacial score (nSPS) is 10.1. The number of carbonyl (C=O) groups excluding carboxylic acids is 1. The number of carbonyl (C=O) groups is 1. The van der Waals surface area contributed by atoms with E-state index in [-0.39, 0.29) is 0 Å². The molecule has 0 aliphatic carbocycles.